The molecule has 24 heavy (non-hydrogen) atoms. The van der Waals surface area contributed by atoms with Crippen molar-refractivity contribution in [3.63, 3.8) is 0 Å². The van der Waals surface area contributed by atoms with Crippen LogP contribution in [0.2, 0.25) is 0 Å². The first-order valence-electron chi connectivity index (χ1n) is 8.91. The topological polar surface area (TPSA) is 42.7 Å². The van der Waals surface area contributed by atoms with Crippen LogP contribution in [0, 0.1) is 19.8 Å². The molecule has 2 heterocycles. The lowest BCUT2D eigenvalue weighted by Crippen LogP contribution is -2.22. The van der Waals surface area contributed by atoms with Crippen molar-refractivity contribution in [3.8, 4) is 0 Å². The summed E-state index contributed by atoms with van der Waals surface area (Å²) in [6.07, 6.45) is 2.24. The van der Waals surface area contributed by atoms with Crippen LogP contribution in [0.15, 0.2) is 27.4 Å². The molecule has 0 amide bonds. The molecule has 1 unspecified atom stereocenters. The fraction of sp³-hybridized carbons (Fsp3) is 0.550. The Kier molecular flexibility index (Phi) is 5.36. The van der Waals surface area contributed by atoms with E-state index in [-0.39, 0.29) is 5.63 Å². The number of hydrogen-bond acceptors (Lipinski definition) is 4. The SMILES string of the molecule is CCCOCC1CCN(Cc2cc(=O)oc3c(C)cc(C)cc23)C1. The summed E-state index contributed by atoms with van der Waals surface area (Å²) in [6, 6.07) is 5.84. The number of nitrogens with zero attached hydrogens (tertiary/aromatic N) is 1. The first kappa shape index (κ1) is 17.2. The van der Waals surface area contributed by atoms with Crippen molar-refractivity contribution in [1.29, 1.82) is 0 Å². The highest BCUT2D eigenvalue weighted by atomic mass is 16.5. The monoisotopic (exact) mass is 329 g/mol. The van der Waals surface area contributed by atoms with Crippen LogP contribution in [0.3, 0.4) is 0 Å². The summed E-state index contributed by atoms with van der Waals surface area (Å²) in [4.78, 5) is 14.4. The highest BCUT2D eigenvalue weighted by molar-refractivity contribution is 5.83. The quantitative estimate of drug-likeness (QED) is 0.599. The van der Waals surface area contributed by atoms with Crippen molar-refractivity contribution < 1.29 is 9.15 Å². The van der Waals surface area contributed by atoms with Gasteiger partial charge in [0, 0.05) is 31.1 Å². The van der Waals surface area contributed by atoms with Gasteiger partial charge in [0.05, 0.1) is 6.61 Å². The fourth-order valence-electron chi connectivity index (χ4n) is 3.64. The van der Waals surface area contributed by atoms with Gasteiger partial charge >= 0.3 is 5.63 Å². The molecule has 1 fully saturated rings. The first-order chi connectivity index (χ1) is 11.6. The lowest BCUT2D eigenvalue weighted by molar-refractivity contribution is 0.101. The third kappa shape index (κ3) is 3.87. The lowest BCUT2D eigenvalue weighted by atomic mass is 10.0. The molecular formula is C20H27NO3. The summed E-state index contributed by atoms with van der Waals surface area (Å²) in [5.41, 5.74) is 3.76. The van der Waals surface area contributed by atoms with Crippen molar-refractivity contribution in [3.05, 3.63) is 45.3 Å². The molecule has 0 radical (unpaired) electrons. The Bertz CT molecular complexity index is 765. The molecule has 1 aromatic heterocycles. The lowest BCUT2D eigenvalue weighted by Gasteiger charge is -2.17. The second kappa shape index (κ2) is 7.49. The average Bonchev–Trinajstić information content (AvgIpc) is 2.96. The molecule has 0 bridgehead atoms. The van der Waals surface area contributed by atoms with E-state index < -0.39 is 0 Å². The smallest absolute Gasteiger partial charge is 0.336 e. The molecule has 1 aromatic carbocycles. The molecule has 4 heteroatoms. The molecule has 4 nitrogen and oxygen atoms in total. The summed E-state index contributed by atoms with van der Waals surface area (Å²) in [6.45, 7) is 10.8. The minimum Gasteiger partial charge on any atom is -0.422 e. The maximum atomic E-state index is 11.9. The number of rotatable bonds is 6. The van der Waals surface area contributed by atoms with E-state index in [2.05, 4.69) is 30.9 Å². The van der Waals surface area contributed by atoms with Gasteiger partial charge in [-0.1, -0.05) is 13.0 Å². The number of hydrogen-bond donors (Lipinski definition) is 0. The van der Waals surface area contributed by atoms with Gasteiger partial charge in [0.15, 0.2) is 0 Å². The zero-order valence-electron chi connectivity index (χ0n) is 14.9. The Morgan fingerprint density at radius 2 is 2.12 bits per heavy atom. The molecule has 1 atom stereocenters. The van der Waals surface area contributed by atoms with Gasteiger partial charge in [-0.25, -0.2) is 4.79 Å². The number of ether oxygens (including phenoxy) is 1. The summed E-state index contributed by atoms with van der Waals surface area (Å²) in [7, 11) is 0. The zero-order chi connectivity index (χ0) is 17.1. The van der Waals surface area contributed by atoms with E-state index >= 15 is 0 Å². The zero-order valence-corrected chi connectivity index (χ0v) is 14.9. The van der Waals surface area contributed by atoms with E-state index in [1.54, 1.807) is 6.07 Å². The van der Waals surface area contributed by atoms with Crippen LogP contribution in [0.1, 0.15) is 36.5 Å². The van der Waals surface area contributed by atoms with Gasteiger partial charge in [0.25, 0.3) is 0 Å². The minimum absolute atomic E-state index is 0.258. The second-order valence-corrected chi connectivity index (χ2v) is 7.01. The van der Waals surface area contributed by atoms with Crippen molar-refractivity contribution >= 4 is 11.0 Å². The van der Waals surface area contributed by atoms with Crippen LogP contribution < -0.4 is 5.63 Å². The minimum atomic E-state index is -0.258. The van der Waals surface area contributed by atoms with Gasteiger partial charge in [-0.2, -0.15) is 0 Å². The van der Waals surface area contributed by atoms with Gasteiger partial charge in [-0.05, 0) is 61.9 Å². The number of fused-ring (bicyclic) bond motifs is 1. The molecule has 3 rings (SSSR count). The normalized spacial score (nSPS) is 18.5. The predicted octanol–water partition coefficient (Wildman–Crippen LogP) is 3.66. The van der Waals surface area contributed by atoms with E-state index in [0.717, 1.165) is 61.4 Å². The molecule has 0 saturated carbocycles. The maximum absolute atomic E-state index is 11.9. The van der Waals surface area contributed by atoms with E-state index in [9.17, 15) is 4.79 Å². The number of aryl methyl sites for hydroxylation is 2. The van der Waals surface area contributed by atoms with Crippen molar-refractivity contribution in [1.82, 2.24) is 4.90 Å². The summed E-state index contributed by atoms with van der Waals surface area (Å²) in [5.74, 6) is 0.603. The van der Waals surface area contributed by atoms with Gasteiger partial charge in [0.1, 0.15) is 5.58 Å². The van der Waals surface area contributed by atoms with Crippen molar-refractivity contribution in [2.24, 2.45) is 5.92 Å². The van der Waals surface area contributed by atoms with E-state index in [4.69, 9.17) is 9.15 Å². The third-order valence-electron chi connectivity index (χ3n) is 4.73. The fourth-order valence-corrected chi connectivity index (χ4v) is 3.64. The van der Waals surface area contributed by atoms with Crippen LogP contribution in [-0.2, 0) is 11.3 Å². The Morgan fingerprint density at radius 1 is 1.29 bits per heavy atom. The standard InChI is InChI=1S/C20H27NO3/c1-4-7-23-13-16-5-6-21(11-16)12-17-10-19(22)24-20-15(3)8-14(2)9-18(17)20/h8-10,16H,4-7,11-13H2,1-3H3. The van der Waals surface area contributed by atoms with Crippen LogP contribution in [0.4, 0.5) is 0 Å². The third-order valence-corrected chi connectivity index (χ3v) is 4.73. The van der Waals surface area contributed by atoms with Crippen molar-refractivity contribution in [2.45, 2.75) is 40.2 Å². The summed E-state index contributed by atoms with van der Waals surface area (Å²) < 4.78 is 11.1. The summed E-state index contributed by atoms with van der Waals surface area (Å²) >= 11 is 0. The molecule has 1 saturated heterocycles. The molecule has 1 aliphatic rings. The Balaban J connectivity index is 1.77. The van der Waals surface area contributed by atoms with E-state index in [1.807, 2.05) is 6.92 Å². The molecule has 0 aliphatic carbocycles. The maximum Gasteiger partial charge on any atom is 0.336 e. The van der Waals surface area contributed by atoms with Gasteiger partial charge in [-0.3, -0.25) is 4.90 Å². The van der Waals surface area contributed by atoms with Gasteiger partial charge < -0.3 is 9.15 Å². The average molecular weight is 329 g/mol. The van der Waals surface area contributed by atoms with Crippen LogP contribution in [0.5, 0.6) is 0 Å². The highest BCUT2D eigenvalue weighted by Crippen LogP contribution is 2.25. The van der Waals surface area contributed by atoms with E-state index in [1.165, 1.54) is 12.0 Å². The molecule has 1 aliphatic heterocycles. The Morgan fingerprint density at radius 3 is 2.92 bits per heavy atom. The van der Waals surface area contributed by atoms with Crippen LogP contribution >= 0.6 is 0 Å². The highest BCUT2D eigenvalue weighted by Gasteiger charge is 2.23. The van der Waals surface area contributed by atoms with E-state index in [0.29, 0.717) is 5.92 Å². The second-order valence-electron chi connectivity index (χ2n) is 7.01. The first-order valence-corrected chi connectivity index (χ1v) is 8.91. The number of likely N-dealkylation sites (tertiary alicyclic amines) is 1. The summed E-state index contributed by atoms with van der Waals surface area (Å²) in [5, 5.41) is 1.07. The van der Waals surface area contributed by atoms with Gasteiger partial charge in [0.2, 0.25) is 0 Å². The predicted molar refractivity (Wildman–Crippen MR) is 96.5 cm³/mol. The molecular weight excluding hydrogens is 302 g/mol. The number of benzene rings is 1. The molecule has 2 aromatic rings. The van der Waals surface area contributed by atoms with Gasteiger partial charge in [-0.15, -0.1) is 0 Å². The molecule has 0 N–H and O–H groups in total. The largest absolute Gasteiger partial charge is 0.422 e. The van der Waals surface area contributed by atoms with Crippen LogP contribution in [-0.4, -0.2) is 31.2 Å². The molecule has 130 valence electrons. The molecule has 0 spiro atoms. The Hall–Kier alpha value is -1.65. The van der Waals surface area contributed by atoms with Crippen molar-refractivity contribution in [2.75, 3.05) is 26.3 Å². The van der Waals surface area contributed by atoms with Crippen LogP contribution in [0.25, 0.3) is 11.0 Å². The Labute approximate surface area is 143 Å².